The Morgan fingerprint density at radius 3 is 2.59 bits per heavy atom. The number of amides is 1. The number of thiophene rings is 1. The van der Waals surface area contributed by atoms with Crippen molar-refractivity contribution in [3.05, 3.63) is 21.9 Å². The first kappa shape index (κ1) is 14.2. The van der Waals surface area contributed by atoms with Crippen molar-refractivity contribution in [3.63, 3.8) is 0 Å². The normalized spacial score (nSPS) is 12.8. The molecule has 17 heavy (non-hydrogen) atoms. The Bertz CT molecular complexity index is 360. The van der Waals surface area contributed by atoms with Crippen LogP contribution in [0.2, 0.25) is 0 Å². The molecule has 1 amide bonds. The van der Waals surface area contributed by atoms with Gasteiger partial charge in [0.1, 0.15) is 0 Å². The van der Waals surface area contributed by atoms with Crippen LogP contribution < -0.4 is 11.1 Å². The van der Waals surface area contributed by atoms with Crippen molar-refractivity contribution >= 4 is 17.2 Å². The summed E-state index contributed by atoms with van der Waals surface area (Å²) in [6.45, 7) is 6.82. The molecule has 0 radical (unpaired) electrons. The summed E-state index contributed by atoms with van der Waals surface area (Å²) in [7, 11) is 0. The fourth-order valence-corrected chi connectivity index (χ4v) is 2.31. The highest BCUT2D eigenvalue weighted by Gasteiger charge is 2.12. The summed E-state index contributed by atoms with van der Waals surface area (Å²) in [6.07, 6.45) is 1.46. The van der Waals surface area contributed by atoms with E-state index in [1.165, 1.54) is 9.75 Å². The second-order valence-corrected chi connectivity index (χ2v) is 5.86. The lowest BCUT2D eigenvalue weighted by Crippen LogP contribution is -2.34. The maximum absolute atomic E-state index is 11.6. The molecule has 3 N–H and O–H groups in total. The Balaban J connectivity index is 2.33. The summed E-state index contributed by atoms with van der Waals surface area (Å²) in [5, 5.41) is 2.91. The molecule has 0 spiro atoms. The Labute approximate surface area is 107 Å². The molecule has 1 aromatic heterocycles. The van der Waals surface area contributed by atoms with E-state index < -0.39 is 0 Å². The third-order valence-electron chi connectivity index (χ3n) is 2.80. The van der Waals surface area contributed by atoms with Crippen LogP contribution in [0.1, 0.15) is 36.9 Å². The number of carbonyl (C=O) groups excluding carboxylic acids is 1. The number of rotatable bonds is 6. The predicted molar refractivity (Wildman–Crippen MR) is 73.0 cm³/mol. The third kappa shape index (κ3) is 4.88. The molecule has 1 rings (SSSR count). The van der Waals surface area contributed by atoms with E-state index in [0.717, 1.165) is 6.42 Å². The van der Waals surface area contributed by atoms with Crippen molar-refractivity contribution in [1.82, 2.24) is 5.32 Å². The predicted octanol–water partition coefficient (Wildman–Crippen LogP) is 2.30. The van der Waals surface area contributed by atoms with E-state index in [4.69, 9.17) is 5.73 Å². The highest BCUT2D eigenvalue weighted by Crippen LogP contribution is 2.16. The lowest BCUT2D eigenvalue weighted by Gasteiger charge is -2.14. The lowest BCUT2D eigenvalue weighted by molar-refractivity contribution is -0.121. The van der Waals surface area contributed by atoms with Gasteiger partial charge in [-0.1, -0.05) is 20.8 Å². The van der Waals surface area contributed by atoms with Gasteiger partial charge in [-0.05, 0) is 24.5 Å². The zero-order valence-corrected chi connectivity index (χ0v) is 11.6. The number of hydrogen-bond acceptors (Lipinski definition) is 3. The van der Waals surface area contributed by atoms with Gasteiger partial charge in [0.2, 0.25) is 5.91 Å². The first-order valence-corrected chi connectivity index (χ1v) is 6.94. The number of aryl methyl sites for hydroxylation is 1. The van der Waals surface area contributed by atoms with Gasteiger partial charge in [0.05, 0.1) is 6.54 Å². The molecule has 1 aromatic rings. The number of nitrogens with one attached hydrogen (secondary N) is 1. The van der Waals surface area contributed by atoms with Crippen molar-refractivity contribution in [2.45, 2.75) is 46.2 Å². The zero-order chi connectivity index (χ0) is 12.8. The van der Waals surface area contributed by atoms with Crippen LogP contribution in [0.5, 0.6) is 0 Å². The van der Waals surface area contributed by atoms with Gasteiger partial charge in [-0.2, -0.15) is 0 Å². The number of hydrogen-bond donors (Lipinski definition) is 2. The van der Waals surface area contributed by atoms with Gasteiger partial charge in [0.15, 0.2) is 0 Å². The van der Waals surface area contributed by atoms with E-state index in [2.05, 4.69) is 24.4 Å². The molecule has 0 aliphatic rings. The topological polar surface area (TPSA) is 55.1 Å². The van der Waals surface area contributed by atoms with E-state index in [-0.39, 0.29) is 11.9 Å². The van der Waals surface area contributed by atoms with Gasteiger partial charge >= 0.3 is 0 Å². The van der Waals surface area contributed by atoms with Gasteiger partial charge in [-0.15, -0.1) is 11.3 Å². The van der Waals surface area contributed by atoms with Crippen molar-refractivity contribution < 1.29 is 4.79 Å². The Hall–Kier alpha value is -0.870. The average molecular weight is 254 g/mol. The van der Waals surface area contributed by atoms with Crippen LogP contribution >= 0.6 is 11.3 Å². The number of carbonyl (C=O) groups is 1. The maximum Gasteiger partial charge on any atom is 0.221 e. The molecule has 0 saturated heterocycles. The molecule has 4 heteroatoms. The van der Waals surface area contributed by atoms with E-state index in [1.807, 2.05) is 13.8 Å². The second-order valence-electron chi connectivity index (χ2n) is 4.61. The summed E-state index contributed by atoms with van der Waals surface area (Å²) in [6, 6.07) is 4.14. The summed E-state index contributed by atoms with van der Waals surface area (Å²) < 4.78 is 0. The SMILES string of the molecule is CCc1ccc(CNC(=O)CC(N)C(C)C)s1. The molecule has 0 aliphatic heterocycles. The van der Waals surface area contributed by atoms with Crippen LogP contribution in [0.4, 0.5) is 0 Å². The number of nitrogens with two attached hydrogens (primary N) is 1. The van der Waals surface area contributed by atoms with Crippen LogP contribution in [-0.4, -0.2) is 11.9 Å². The van der Waals surface area contributed by atoms with Crippen LogP contribution in [0, 0.1) is 5.92 Å². The van der Waals surface area contributed by atoms with Crippen molar-refractivity contribution in [3.8, 4) is 0 Å². The Kier molecular flexibility index (Phi) is 5.65. The fraction of sp³-hybridized carbons (Fsp3) is 0.615. The first-order chi connectivity index (χ1) is 8.02. The van der Waals surface area contributed by atoms with Crippen LogP contribution in [0.15, 0.2) is 12.1 Å². The van der Waals surface area contributed by atoms with E-state index in [9.17, 15) is 4.79 Å². The summed E-state index contributed by atoms with van der Waals surface area (Å²) >= 11 is 1.75. The molecule has 1 unspecified atom stereocenters. The molecule has 1 atom stereocenters. The minimum atomic E-state index is -0.0514. The molecule has 0 bridgehead atoms. The molecule has 0 saturated carbocycles. The quantitative estimate of drug-likeness (QED) is 0.818. The maximum atomic E-state index is 11.6. The minimum absolute atomic E-state index is 0.0395. The largest absolute Gasteiger partial charge is 0.351 e. The van der Waals surface area contributed by atoms with Crippen LogP contribution in [0.3, 0.4) is 0 Å². The smallest absolute Gasteiger partial charge is 0.221 e. The molecule has 1 heterocycles. The second kappa shape index (κ2) is 6.77. The highest BCUT2D eigenvalue weighted by atomic mass is 32.1. The van der Waals surface area contributed by atoms with Gasteiger partial charge in [-0.3, -0.25) is 4.79 Å². The monoisotopic (exact) mass is 254 g/mol. The van der Waals surface area contributed by atoms with Crippen molar-refractivity contribution in [1.29, 1.82) is 0 Å². The first-order valence-electron chi connectivity index (χ1n) is 6.12. The molecule has 3 nitrogen and oxygen atoms in total. The van der Waals surface area contributed by atoms with Crippen molar-refractivity contribution in [2.75, 3.05) is 0 Å². The molecular weight excluding hydrogens is 232 g/mol. The Morgan fingerprint density at radius 2 is 2.06 bits per heavy atom. The third-order valence-corrected chi connectivity index (χ3v) is 4.03. The fourth-order valence-electron chi connectivity index (χ4n) is 1.41. The standard InChI is InChI=1S/C13H22N2OS/c1-4-10-5-6-11(17-10)8-15-13(16)7-12(14)9(2)3/h5-6,9,12H,4,7-8,14H2,1-3H3,(H,15,16). The Morgan fingerprint density at radius 1 is 1.41 bits per heavy atom. The van der Waals surface area contributed by atoms with E-state index in [0.29, 0.717) is 18.9 Å². The zero-order valence-electron chi connectivity index (χ0n) is 10.8. The summed E-state index contributed by atoms with van der Waals surface area (Å²) in [5.74, 6) is 0.381. The molecule has 0 fully saturated rings. The summed E-state index contributed by atoms with van der Waals surface area (Å²) in [4.78, 5) is 14.2. The van der Waals surface area contributed by atoms with Crippen LogP contribution in [-0.2, 0) is 17.8 Å². The van der Waals surface area contributed by atoms with E-state index >= 15 is 0 Å². The van der Waals surface area contributed by atoms with E-state index in [1.54, 1.807) is 11.3 Å². The molecule has 96 valence electrons. The molecule has 0 aromatic carbocycles. The van der Waals surface area contributed by atoms with Gasteiger partial charge in [0.25, 0.3) is 0 Å². The lowest BCUT2D eigenvalue weighted by atomic mass is 10.0. The average Bonchev–Trinajstić information content (AvgIpc) is 2.74. The summed E-state index contributed by atoms with van der Waals surface area (Å²) in [5.41, 5.74) is 5.85. The van der Waals surface area contributed by atoms with Gasteiger partial charge in [-0.25, -0.2) is 0 Å². The van der Waals surface area contributed by atoms with Gasteiger partial charge < -0.3 is 11.1 Å². The highest BCUT2D eigenvalue weighted by molar-refractivity contribution is 7.11. The minimum Gasteiger partial charge on any atom is -0.351 e. The van der Waals surface area contributed by atoms with Crippen LogP contribution in [0.25, 0.3) is 0 Å². The molecular formula is C13H22N2OS. The molecule has 0 aliphatic carbocycles. The van der Waals surface area contributed by atoms with Gasteiger partial charge in [0, 0.05) is 22.2 Å². The van der Waals surface area contributed by atoms with Crippen molar-refractivity contribution in [2.24, 2.45) is 11.7 Å².